The number of aromatic nitrogens is 3. The first-order valence-corrected chi connectivity index (χ1v) is 7.45. The highest BCUT2D eigenvalue weighted by atomic mass is 35.5. The van der Waals surface area contributed by atoms with E-state index in [1.165, 1.54) is 4.88 Å². The van der Waals surface area contributed by atoms with Crippen molar-refractivity contribution in [2.24, 2.45) is 5.73 Å². The van der Waals surface area contributed by atoms with E-state index in [2.05, 4.69) is 21.8 Å². The Bertz CT molecular complexity index is 689. The zero-order valence-corrected chi connectivity index (χ0v) is 12.2. The summed E-state index contributed by atoms with van der Waals surface area (Å²) < 4.78 is 1.83. The van der Waals surface area contributed by atoms with Gasteiger partial charge in [-0.3, -0.25) is 0 Å². The van der Waals surface area contributed by atoms with E-state index in [0.29, 0.717) is 11.6 Å². The molecule has 3 aromatic rings. The number of nitrogens with zero attached hydrogens (tertiary/aromatic N) is 3. The lowest BCUT2D eigenvalue weighted by Crippen LogP contribution is -2.06. The summed E-state index contributed by atoms with van der Waals surface area (Å²) in [5, 5.41) is 11.2. The summed E-state index contributed by atoms with van der Waals surface area (Å²) in [6.45, 7) is 0.383. The van der Waals surface area contributed by atoms with E-state index < -0.39 is 0 Å². The molecule has 0 atom stereocenters. The van der Waals surface area contributed by atoms with Crippen molar-refractivity contribution < 1.29 is 0 Å². The first-order valence-electron chi connectivity index (χ1n) is 6.20. The summed E-state index contributed by atoms with van der Waals surface area (Å²) in [6.07, 6.45) is 0.778. The van der Waals surface area contributed by atoms with Crippen molar-refractivity contribution in [3.8, 4) is 5.69 Å². The molecule has 6 heteroatoms. The number of nitrogens with two attached hydrogens (primary N) is 1. The van der Waals surface area contributed by atoms with E-state index in [-0.39, 0.29) is 0 Å². The molecule has 2 heterocycles. The van der Waals surface area contributed by atoms with Crippen LogP contribution in [0, 0.1) is 0 Å². The summed E-state index contributed by atoms with van der Waals surface area (Å²) >= 11 is 7.64. The van der Waals surface area contributed by atoms with Crippen LogP contribution in [0.2, 0.25) is 5.02 Å². The second kappa shape index (κ2) is 5.75. The first kappa shape index (κ1) is 13.3. The number of hydrogen-bond acceptors (Lipinski definition) is 4. The van der Waals surface area contributed by atoms with Crippen LogP contribution in [0.4, 0.5) is 0 Å². The molecule has 102 valence electrons. The van der Waals surface area contributed by atoms with Crippen molar-refractivity contribution in [1.29, 1.82) is 0 Å². The third-order valence-corrected chi connectivity index (χ3v) is 4.16. The van der Waals surface area contributed by atoms with Crippen LogP contribution in [0.3, 0.4) is 0 Å². The number of halogens is 1. The van der Waals surface area contributed by atoms with E-state index in [1.807, 2.05) is 35.0 Å². The smallest absolute Gasteiger partial charge is 0.100 e. The fourth-order valence-electron chi connectivity index (χ4n) is 2.04. The lowest BCUT2D eigenvalue weighted by molar-refractivity contribution is 0.773. The average Bonchev–Trinajstić information content (AvgIpc) is 3.10. The molecule has 3 rings (SSSR count). The standard InChI is InChI=1S/C14H13ClN4S/c15-10-3-5-11(6-4-10)19-14(13(9-16)17-18-19)8-12-2-1-7-20-12/h1-7H,8-9,16H2. The maximum atomic E-state index is 5.92. The Hall–Kier alpha value is -1.69. The van der Waals surface area contributed by atoms with Crippen LogP contribution in [0.5, 0.6) is 0 Å². The lowest BCUT2D eigenvalue weighted by atomic mass is 10.2. The molecule has 0 amide bonds. The predicted octanol–water partition coefficient (Wildman–Crippen LogP) is 3.03. The van der Waals surface area contributed by atoms with Gasteiger partial charge in [-0.1, -0.05) is 22.9 Å². The molecule has 2 aromatic heterocycles. The normalized spacial score (nSPS) is 10.9. The third-order valence-electron chi connectivity index (χ3n) is 3.03. The maximum absolute atomic E-state index is 5.92. The van der Waals surface area contributed by atoms with E-state index in [0.717, 1.165) is 23.5 Å². The van der Waals surface area contributed by atoms with E-state index in [4.69, 9.17) is 17.3 Å². The Labute approximate surface area is 125 Å². The molecule has 2 N–H and O–H groups in total. The predicted molar refractivity (Wildman–Crippen MR) is 81.4 cm³/mol. The minimum Gasteiger partial charge on any atom is -0.325 e. The summed E-state index contributed by atoms with van der Waals surface area (Å²) in [5.41, 5.74) is 8.55. The average molecular weight is 305 g/mol. The largest absolute Gasteiger partial charge is 0.325 e. The maximum Gasteiger partial charge on any atom is 0.100 e. The second-order valence-corrected chi connectivity index (χ2v) is 5.80. The Balaban J connectivity index is 2.02. The fraction of sp³-hybridized carbons (Fsp3) is 0.143. The fourth-order valence-corrected chi connectivity index (χ4v) is 2.87. The first-order chi connectivity index (χ1) is 9.78. The Morgan fingerprint density at radius 1 is 1.20 bits per heavy atom. The molecule has 0 aliphatic heterocycles. The minimum absolute atomic E-state index is 0.383. The Kier molecular flexibility index (Phi) is 3.82. The molecule has 4 nitrogen and oxygen atoms in total. The molecule has 0 radical (unpaired) electrons. The van der Waals surface area contributed by atoms with Gasteiger partial charge in [-0.25, -0.2) is 4.68 Å². The van der Waals surface area contributed by atoms with Gasteiger partial charge in [0, 0.05) is 22.9 Å². The van der Waals surface area contributed by atoms with Gasteiger partial charge in [0.05, 0.1) is 11.4 Å². The van der Waals surface area contributed by atoms with Crippen molar-refractivity contribution in [3.05, 3.63) is 63.1 Å². The van der Waals surface area contributed by atoms with Crippen LogP contribution in [-0.2, 0) is 13.0 Å². The highest BCUT2D eigenvalue weighted by molar-refractivity contribution is 7.09. The molecular formula is C14H13ClN4S. The quantitative estimate of drug-likeness (QED) is 0.806. The molecule has 0 saturated heterocycles. The van der Waals surface area contributed by atoms with Crippen LogP contribution < -0.4 is 5.73 Å². The molecule has 20 heavy (non-hydrogen) atoms. The van der Waals surface area contributed by atoms with Gasteiger partial charge in [0.2, 0.25) is 0 Å². The van der Waals surface area contributed by atoms with Crippen molar-refractivity contribution in [2.75, 3.05) is 0 Å². The molecular weight excluding hydrogens is 292 g/mol. The summed E-state index contributed by atoms with van der Waals surface area (Å²) in [6, 6.07) is 11.7. The van der Waals surface area contributed by atoms with Gasteiger partial charge < -0.3 is 5.73 Å². The van der Waals surface area contributed by atoms with Gasteiger partial charge in [0.1, 0.15) is 5.69 Å². The van der Waals surface area contributed by atoms with Crippen LogP contribution in [-0.4, -0.2) is 15.0 Å². The molecule has 0 fully saturated rings. The van der Waals surface area contributed by atoms with Crippen molar-refractivity contribution in [1.82, 2.24) is 15.0 Å². The van der Waals surface area contributed by atoms with E-state index >= 15 is 0 Å². The Morgan fingerprint density at radius 2 is 2.00 bits per heavy atom. The van der Waals surface area contributed by atoms with Gasteiger partial charge >= 0.3 is 0 Å². The van der Waals surface area contributed by atoms with Crippen molar-refractivity contribution in [2.45, 2.75) is 13.0 Å². The van der Waals surface area contributed by atoms with Crippen molar-refractivity contribution in [3.63, 3.8) is 0 Å². The third kappa shape index (κ3) is 2.60. The molecule has 0 unspecified atom stereocenters. The molecule has 0 bridgehead atoms. The number of rotatable bonds is 4. The topological polar surface area (TPSA) is 56.7 Å². The highest BCUT2D eigenvalue weighted by Crippen LogP contribution is 2.20. The van der Waals surface area contributed by atoms with Crippen molar-refractivity contribution >= 4 is 22.9 Å². The molecule has 0 aliphatic rings. The summed E-state index contributed by atoms with van der Waals surface area (Å²) in [5.74, 6) is 0. The monoisotopic (exact) mass is 304 g/mol. The van der Waals surface area contributed by atoms with E-state index in [9.17, 15) is 0 Å². The SMILES string of the molecule is NCc1nnn(-c2ccc(Cl)cc2)c1Cc1cccs1. The van der Waals surface area contributed by atoms with Crippen LogP contribution in [0.15, 0.2) is 41.8 Å². The highest BCUT2D eigenvalue weighted by Gasteiger charge is 2.14. The lowest BCUT2D eigenvalue weighted by Gasteiger charge is -2.07. The van der Waals surface area contributed by atoms with E-state index in [1.54, 1.807) is 11.3 Å². The number of hydrogen-bond donors (Lipinski definition) is 1. The summed E-state index contributed by atoms with van der Waals surface area (Å²) in [4.78, 5) is 1.26. The van der Waals surface area contributed by atoms with Crippen LogP contribution in [0.25, 0.3) is 5.69 Å². The Morgan fingerprint density at radius 3 is 2.65 bits per heavy atom. The van der Waals surface area contributed by atoms with Gasteiger partial charge in [-0.15, -0.1) is 16.4 Å². The molecule has 0 saturated carbocycles. The van der Waals surface area contributed by atoms with Gasteiger partial charge in [-0.05, 0) is 35.7 Å². The zero-order chi connectivity index (χ0) is 13.9. The number of thiophene rings is 1. The summed E-state index contributed by atoms with van der Waals surface area (Å²) in [7, 11) is 0. The van der Waals surface area contributed by atoms with Crippen LogP contribution in [0.1, 0.15) is 16.3 Å². The zero-order valence-electron chi connectivity index (χ0n) is 10.7. The molecule has 1 aromatic carbocycles. The van der Waals surface area contributed by atoms with Gasteiger partial charge in [0.25, 0.3) is 0 Å². The minimum atomic E-state index is 0.383. The van der Waals surface area contributed by atoms with Gasteiger partial charge in [-0.2, -0.15) is 0 Å². The molecule has 0 spiro atoms. The second-order valence-electron chi connectivity index (χ2n) is 4.33. The van der Waals surface area contributed by atoms with Crippen LogP contribution >= 0.6 is 22.9 Å². The molecule has 0 aliphatic carbocycles. The van der Waals surface area contributed by atoms with Gasteiger partial charge in [0.15, 0.2) is 0 Å². The number of benzene rings is 1.